The van der Waals surface area contributed by atoms with Gasteiger partial charge in [0.05, 0.1) is 17.6 Å². The molecule has 38 heavy (non-hydrogen) atoms. The molecule has 1 aliphatic carbocycles. The van der Waals surface area contributed by atoms with E-state index in [0.717, 1.165) is 40.2 Å². The number of carbonyl (C=O) groups is 1. The molecule has 1 aliphatic heterocycles. The lowest BCUT2D eigenvalue weighted by atomic mass is 9.73. The van der Waals surface area contributed by atoms with E-state index >= 15 is 0 Å². The number of anilines is 1. The number of nitrogens with two attached hydrogens (primary N) is 1. The van der Waals surface area contributed by atoms with E-state index in [9.17, 15) is 10.1 Å². The van der Waals surface area contributed by atoms with Crippen LogP contribution < -0.4 is 10.6 Å². The average molecular weight is 540 g/mol. The maximum absolute atomic E-state index is 13.6. The second kappa shape index (κ2) is 10.7. The molecule has 0 bridgehead atoms. The Labute approximate surface area is 233 Å². The van der Waals surface area contributed by atoms with Crippen molar-refractivity contribution in [1.29, 1.82) is 5.26 Å². The molecule has 6 heteroatoms. The van der Waals surface area contributed by atoms with E-state index in [0.29, 0.717) is 34.8 Å². The van der Waals surface area contributed by atoms with Crippen LogP contribution in [0.3, 0.4) is 0 Å². The molecule has 3 aromatic rings. The monoisotopic (exact) mass is 539 g/mol. The number of carbonyl (C=O) groups excluding carboxylic acids is 1. The molecule has 4 nitrogen and oxygen atoms in total. The molecule has 5 rings (SSSR count). The SMILES string of the molecule is Cc1ccc(SCc2cc(C)cc(C3C(C#N)=C(N)N(c4cccc(Cl)c4)C4=C3C(=O)CCC4)c2C)cc1. The number of hydrogen-bond acceptors (Lipinski definition) is 5. The summed E-state index contributed by atoms with van der Waals surface area (Å²) in [7, 11) is 0. The van der Waals surface area contributed by atoms with Gasteiger partial charge in [0.1, 0.15) is 5.82 Å². The van der Waals surface area contributed by atoms with E-state index in [1.165, 1.54) is 16.0 Å². The predicted molar refractivity (Wildman–Crippen MR) is 156 cm³/mol. The molecule has 2 N–H and O–H groups in total. The minimum absolute atomic E-state index is 0.0833. The predicted octanol–water partition coefficient (Wildman–Crippen LogP) is 7.86. The summed E-state index contributed by atoms with van der Waals surface area (Å²) in [5.41, 5.74) is 15.1. The van der Waals surface area contributed by atoms with Gasteiger partial charge in [-0.05, 0) is 80.6 Å². The van der Waals surface area contributed by atoms with Gasteiger partial charge in [-0.3, -0.25) is 9.69 Å². The van der Waals surface area contributed by atoms with Crippen LogP contribution in [0.15, 0.2) is 88.2 Å². The Hall–Kier alpha value is -3.46. The lowest BCUT2D eigenvalue weighted by Gasteiger charge is -2.40. The van der Waals surface area contributed by atoms with Crippen LogP contribution in [0.5, 0.6) is 0 Å². The summed E-state index contributed by atoms with van der Waals surface area (Å²) >= 11 is 8.10. The minimum atomic E-state index is -0.485. The molecule has 1 atom stereocenters. The zero-order valence-electron chi connectivity index (χ0n) is 21.8. The molecule has 0 amide bonds. The molecule has 0 radical (unpaired) electrons. The maximum Gasteiger partial charge on any atom is 0.161 e. The Kier molecular flexibility index (Phi) is 7.38. The van der Waals surface area contributed by atoms with Crippen molar-refractivity contribution in [1.82, 2.24) is 0 Å². The Balaban J connectivity index is 1.63. The van der Waals surface area contributed by atoms with Gasteiger partial charge in [0.25, 0.3) is 0 Å². The van der Waals surface area contributed by atoms with Crippen molar-refractivity contribution >= 4 is 34.8 Å². The van der Waals surface area contributed by atoms with Crippen molar-refractivity contribution in [3.8, 4) is 6.07 Å². The normalized spacial score (nSPS) is 17.5. The van der Waals surface area contributed by atoms with Crippen LogP contribution in [-0.2, 0) is 10.5 Å². The highest BCUT2D eigenvalue weighted by molar-refractivity contribution is 7.98. The first-order valence-corrected chi connectivity index (χ1v) is 14.2. The van der Waals surface area contributed by atoms with Crippen LogP contribution in [-0.4, -0.2) is 5.78 Å². The molecular weight excluding hydrogens is 510 g/mol. The molecule has 0 saturated carbocycles. The number of thioether (sulfide) groups is 1. The number of benzene rings is 3. The van der Waals surface area contributed by atoms with E-state index in [1.54, 1.807) is 17.8 Å². The standard InChI is InChI=1S/C32H30ClN3OS/c1-19-10-12-25(13-11-19)38-18-22-14-20(2)15-26(21(22)3)30-27(17-34)32(35)36(24-7-4-6-23(33)16-24)28-8-5-9-29(37)31(28)30/h4,6-7,10-16,30H,5,8-9,18,35H2,1-3H3. The summed E-state index contributed by atoms with van der Waals surface area (Å²) in [5, 5.41) is 11.0. The van der Waals surface area contributed by atoms with Crippen LogP contribution in [0.1, 0.15) is 53.0 Å². The van der Waals surface area contributed by atoms with Crippen molar-refractivity contribution in [2.45, 2.75) is 56.6 Å². The van der Waals surface area contributed by atoms with E-state index in [4.69, 9.17) is 17.3 Å². The zero-order valence-corrected chi connectivity index (χ0v) is 23.4. The molecule has 0 fully saturated rings. The number of halogens is 1. The summed E-state index contributed by atoms with van der Waals surface area (Å²) in [5.74, 6) is 0.761. The van der Waals surface area contributed by atoms with Crippen LogP contribution in [0.25, 0.3) is 0 Å². The van der Waals surface area contributed by atoms with Gasteiger partial charge in [-0.2, -0.15) is 5.26 Å². The average Bonchev–Trinajstić information content (AvgIpc) is 2.89. The third-order valence-electron chi connectivity index (χ3n) is 7.41. The molecule has 2 aliphatic rings. The summed E-state index contributed by atoms with van der Waals surface area (Å²) < 4.78 is 0. The Morgan fingerprint density at radius 3 is 2.53 bits per heavy atom. The van der Waals surface area contributed by atoms with Gasteiger partial charge in [0, 0.05) is 39.0 Å². The van der Waals surface area contributed by atoms with Crippen LogP contribution in [0, 0.1) is 32.1 Å². The number of ketones is 1. The van der Waals surface area contributed by atoms with E-state index < -0.39 is 5.92 Å². The van der Waals surface area contributed by atoms with E-state index in [-0.39, 0.29) is 5.78 Å². The number of allylic oxidation sites excluding steroid dienone is 3. The van der Waals surface area contributed by atoms with E-state index in [1.807, 2.05) is 23.1 Å². The lowest BCUT2D eigenvalue weighted by molar-refractivity contribution is -0.116. The second-order valence-corrected chi connectivity index (χ2v) is 11.5. The summed E-state index contributed by atoms with van der Waals surface area (Å²) in [6.45, 7) is 6.26. The summed E-state index contributed by atoms with van der Waals surface area (Å²) in [4.78, 5) is 16.6. The van der Waals surface area contributed by atoms with Crippen LogP contribution in [0.2, 0.25) is 5.02 Å². The van der Waals surface area contributed by atoms with Crippen molar-refractivity contribution in [3.63, 3.8) is 0 Å². The van der Waals surface area contributed by atoms with Crippen LogP contribution >= 0.6 is 23.4 Å². The Morgan fingerprint density at radius 2 is 1.82 bits per heavy atom. The third-order valence-corrected chi connectivity index (χ3v) is 8.70. The number of hydrogen-bond donors (Lipinski definition) is 1. The highest BCUT2D eigenvalue weighted by Crippen LogP contribution is 2.47. The fourth-order valence-corrected chi connectivity index (χ4v) is 6.65. The molecular formula is C32H30ClN3OS. The Bertz CT molecular complexity index is 1530. The molecule has 192 valence electrons. The molecule has 0 spiro atoms. The van der Waals surface area contributed by atoms with Gasteiger partial charge in [0.2, 0.25) is 0 Å². The molecule has 1 heterocycles. The number of rotatable bonds is 5. The van der Waals surface area contributed by atoms with Crippen LogP contribution in [0.4, 0.5) is 5.69 Å². The van der Waals surface area contributed by atoms with Crippen molar-refractivity contribution in [2.24, 2.45) is 5.73 Å². The summed E-state index contributed by atoms with van der Waals surface area (Å²) in [6.07, 6.45) is 1.94. The third kappa shape index (κ3) is 4.87. The van der Waals surface area contributed by atoms with Gasteiger partial charge in [0.15, 0.2) is 5.78 Å². The van der Waals surface area contributed by atoms with Gasteiger partial charge < -0.3 is 5.73 Å². The second-order valence-electron chi connectivity index (χ2n) is 10.0. The molecule has 0 saturated heterocycles. The molecule has 0 aromatic heterocycles. The van der Waals surface area contributed by atoms with Crippen molar-refractivity contribution in [2.75, 3.05) is 4.90 Å². The number of aryl methyl sites for hydroxylation is 2. The van der Waals surface area contributed by atoms with Gasteiger partial charge in [-0.15, -0.1) is 11.8 Å². The first kappa shape index (κ1) is 26.2. The smallest absolute Gasteiger partial charge is 0.161 e. The lowest BCUT2D eigenvalue weighted by Crippen LogP contribution is -2.39. The zero-order chi connectivity index (χ0) is 27.0. The van der Waals surface area contributed by atoms with Gasteiger partial charge >= 0.3 is 0 Å². The topological polar surface area (TPSA) is 70.1 Å². The first-order chi connectivity index (χ1) is 18.3. The van der Waals surface area contributed by atoms with E-state index in [2.05, 4.69) is 63.2 Å². The Morgan fingerprint density at radius 1 is 1.05 bits per heavy atom. The maximum atomic E-state index is 13.6. The molecule has 3 aromatic carbocycles. The van der Waals surface area contributed by atoms with Gasteiger partial charge in [-0.25, -0.2) is 0 Å². The number of nitrogens with zero attached hydrogens (tertiary/aromatic N) is 2. The summed E-state index contributed by atoms with van der Waals surface area (Å²) in [6, 6.07) is 22.7. The van der Waals surface area contributed by atoms with Crippen molar-refractivity contribution < 1.29 is 4.79 Å². The molecule has 1 unspecified atom stereocenters. The highest BCUT2D eigenvalue weighted by atomic mass is 35.5. The van der Waals surface area contributed by atoms with Crippen molar-refractivity contribution in [3.05, 3.63) is 116 Å². The number of Topliss-reactive ketones (excluding diaryl/α,β-unsaturated/α-hetero) is 1. The van der Waals surface area contributed by atoms with Gasteiger partial charge in [-0.1, -0.05) is 53.1 Å². The first-order valence-electron chi connectivity index (χ1n) is 12.8. The quantitative estimate of drug-likeness (QED) is 0.334. The highest BCUT2D eigenvalue weighted by Gasteiger charge is 2.41. The largest absolute Gasteiger partial charge is 0.384 e. The minimum Gasteiger partial charge on any atom is -0.384 e. The number of nitriles is 1. The fraction of sp³-hybridized carbons (Fsp3) is 0.250. The fourth-order valence-electron chi connectivity index (χ4n) is 5.52.